The highest BCUT2D eigenvalue weighted by Gasteiger charge is 2.16. The normalized spacial score (nSPS) is 13.5. The van der Waals surface area contributed by atoms with E-state index in [1.165, 1.54) is 6.26 Å². The first-order chi connectivity index (χ1) is 8.90. The van der Waals surface area contributed by atoms with E-state index in [1.54, 1.807) is 25.3 Å². The number of benzene rings is 1. The van der Waals surface area contributed by atoms with Gasteiger partial charge in [-0.2, -0.15) is 0 Å². The number of sulfone groups is 1. The molecule has 1 atom stereocenters. The molecule has 0 aromatic heterocycles. The highest BCUT2D eigenvalue weighted by atomic mass is 35.5. The Balaban J connectivity index is 2.94. The summed E-state index contributed by atoms with van der Waals surface area (Å²) in [6.45, 7) is 3.03. The van der Waals surface area contributed by atoms with Crippen molar-refractivity contribution in [2.75, 3.05) is 20.0 Å². The van der Waals surface area contributed by atoms with Gasteiger partial charge in [0.25, 0.3) is 0 Å². The molecule has 19 heavy (non-hydrogen) atoms. The quantitative estimate of drug-likeness (QED) is 0.839. The average molecular weight is 306 g/mol. The molecular weight excluding hydrogens is 286 g/mol. The first kappa shape index (κ1) is 16.4. The van der Waals surface area contributed by atoms with Gasteiger partial charge in [-0.05, 0) is 18.6 Å². The van der Waals surface area contributed by atoms with Gasteiger partial charge in [0.2, 0.25) is 0 Å². The zero-order chi connectivity index (χ0) is 14.5. The second-order valence-corrected chi connectivity index (χ2v) is 6.82. The minimum atomic E-state index is -3.28. The van der Waals surface area contributed by atoms with Crippen molar-refractivity contribution in [1.29, 1.82) is 0 Å². The molecule has 0 spiro atoms. The molecule has 0 aliphatic heterocycles. The molecule has 1 unspecified atom stereocenters. The van der Waals surface area contributed by atoms with Crippen LogP contribution in [0, 0.1) is 0 Å². The van der Waals surface area contributed by atoms with Gasteiger partial charge in [-0.25, -0.2) is 8.42 Å². The summed E-state index contributed by atoms with van der Waals surface area (Å²) in [6.07, 6.45) is 2.08. The summed E-state index contributed by atoms with van der Waals surface area (Å²) in [5, 5.41) is 3.73. The van der Waals surface area contributed by atoms with Gasteiger partial charge < -0.3 is 10.1 Å². The molecule has 0 radical (unpaired) electrons. The smallest absolute Gasteiger partial charge is 0.175 e. The van der Waals surface area contributed by atoms with Crippen molar-refractivity contribution in [2.24, 2.45) is 0 Å². The highest BCUT2D eigenvalue weighted by molar-refractivity contribution is 7.90. The molecule has 0 fully saturated rings. The van der Waals surface area contributed by atoms with E-state index in [0.717, 1.165) is 6.42 Å². The summed E-state index contributed by atoms with van der Waals surface area (Å²) in [7, 11) is -1.64. The fourth-order valence-corrected chi connectivity index (χ4v) is 3.08. The SMILES string of the molecule is CCC(COC)NCc1c(Cl)cccc1S(C)(=O)=O. The van der Waals surface area contributed by atoms with Gasteiger partial charge >= 0.3 is 0 Å². The molecular formula is C13H20ClNO3S. The largest absolute Gasteiger partial charge is 0.383 e. The molecule has 1 aromatic rings. The third kappa shape index (κ3) is 4.76. The van der Waals surface area contributed by atoms with Crippen LogP contribution in [-0.4, -0.2) is 34.4 Å². The van der Waals surface area contributed by atoms with Crippen molar-refractivity contribution in [1.82, 2.24) is 5.32 Å². The summed E-state index contributed by atoms with van der Waals surface area (Å²) < 4.78 is 28.6. The van der Waals surface area contributed by atoms with Crippen LogP contribution < -0.4 is 5.32 Å². The third-order valence-corrected chi connectivity index (χ3v) is 4.44. The lowest BCUT2D eigenvalue weighted by molar-refractivity contribution is 0.163. The lowest BCUT2D eigenvalue weighted by Gasteiger charge is -2.17. The van der Waals surface area contributed by atoms with E-state index in [1.807, 2.05) is 6.92 Å². The van der Waals surface area contributed by atoms with Crippen molar-refractivity contribution in [2.45, 2.75) is 30.8 Å². The predicted molar refractivity (Wildman–Crippen MR) is 77.4 cm³/mol. The fourth-order valence-electron chi connectivity index (χ4n) is 1.83. The first-order valence-electron chi connectivity index (χ1n) is 6.10. The lowest BCUT2D eigenvalue weighted by atomic mass is 10.2. The number of nitrogens with one attached hydrogen (secondary N) is 1. The fraction of sp³-hybridized carbons (Fsp3) is 0.538. The van der Waals surface area contributed by atoms with Crippen LogP contribution >= 0.6 is 11.6 Å². The molecule has 0 amide bonds. The molecule has 6 heteroatoms. The van der Waals surface area contributed by atoms with E-state index in [0.29, 0.717) is 23.7 Å². The second-order valence-electron chi connectivity index (χ2n) is 4.43. The van der Waals surface area contributed by atoms with Crippen LogP contribution in [0.4, 0.5) is 0 Å². The van der Waals surface area contributed by atoms with Gasteiger partial charge in [-0.15, -0.1) is 0 Å². The van der Waals surface area contributed by atoms with E-state index < -0.39 is 9.84 Å². The Labute approximate surface area is 120 Å². The lowest BCUT2D eigenvalue weighted by Crippen LogP contribution is -2.32. The molecule has 0 saturated heterocycles. The van der Waals surface area contributed by atoms with Crippen molar-refractivity contribution in [3.63, 3.8) is 0 Å². The number of hydrogen-bond donors (Lipinski definition) is 1. The molecule has 1 aromatic carbocycles. The first-order valence-corrected chi connectivity index (χ1v) is 8.36. The topological polar surface area (TPSA) is 55.4 Å². The molecule has 0 saturated carbocycles. The maximum Gasteiger partial charge on any atom is 0.175 e. The second kappa shape index (κ2) is 7.24. The van der Waals surface area contributed by atoms with E-state index in [9.17, 15) is 8.42 Å². The number of halogens is 1. The average Bonchev–Trinajstić information content (AvgIpc) is 2.34. The molecule has 1 N–H and O–H groups in total. The van der Waals surface area contributed by atoms with Crippen LogP contribution in [0.1, 0.15) is 18.9 Å². The minimum absolute atomic E-state index is 0.175. The summed E-state index contributed by atoms with van der Waals surface area (Å²) in [5.74, 6) is 0. The summed E-state index contributed by atoms with van der Waals surface area (Å²) >= 11 is 6.10. The maximum atomic E-state index is 11.7. The summed E-state index contributed by atoms with van der Waals surface area (Å²) in [4.78, 5) is 0.278. The Bertz CT molecular complexity index is 517. The van der Waals surface area contributed by atoms with E-state index in [4.69, 9.17) is 16.3 Å². The zero-order valence-corrected chi connectivity index (χ0v) is 13.0. The van der Waals surface area contributed by atoms with Crippen LogP contribution in [0.5, 0.6) is 0 Å². The van der Waals surface area contributed by atoms with Gasteiger partial charge in [0, 0.05) is 36.5 Å². The number of rotatable bonds is 7. The third-order valence-electron chi connectivity index (χ3n) is 2.90. The molecule has 4 nitrogen and oxygen atoms in total. The Hall–Kier alpha value is -0.620. The number of hydrogen-bond acceptors (Lipinski definition) is 4. The number of ether oxygens (including phenoxy) is 1. The van der Waals surface area contributed by atoms with Gasteiger partial charge in [0.05, 0.1) is 11.5 Å². The van der Waals surface area contributed by atoms with Crippen LogP contribution in [-0.2, 0) is 21.1 Å². The van der Waals surface area contributed by atoms with Crippen LogP contribution in [0.15, 0.2) is 23.1 Å². The van der Waals surface area contributed by atoms with Gasteiger partial charge in [-0.3, -0.25) is 0 Å². The monoisotopic (exact) mass is 305 g/mol. The molecule has 1 rings (SSSR count). The van der Waals surface area contributed by atoms with Gasteiger partial charge in [0.15, 0.2) is 9.84 Å². The molecule has 0 heterocycles. The van der Waals surface area contributed by atoms with Crippen LogP contribution in [0.25, 0.3) is 0 Å². The highest BCUT2D eigenvalue weighted by Crippen LogP contribution is 2.24. The predicted octanol–water partition coefficient (Wildman–Crippen LogP) is 2.26. The van der Waals surface area contributed by atoms with Crippen molar-refractivity contribution >= 4 is 21.4 Å². The Kier molecular flexibility index (Phi) is 6.26. The maximum absolute atomic E-state index is 11.7. The Morgan fingerprint density at radius 2 is 2.11 bits per heavy atom. The zero-order valence-electron chi connectivity index (χ0n) is 11.4. The minimum Gasteiger partial charge on any atom is -0.383 e. The molecule has 108 valence electrons. The summed E-state index contributed by atoms with van der Waals surface area (Å²) in [5.41, 5.74) is 0.612. The molecule has 0 bridgehead atoms. The number of methoxy groups -OCH3 is 1. The van der Waals surface area contributed by atoms with Gasteiger partial charge in [0.1, 0.15) is 0 Å². The van der Waals surface area contributed by atoms with Crippen molar-refractivity contribution < 1.29 is 13.2 Å². The molecule has 0 aliphatic rings. The van der Waals surface area contributed by atoms with E-state index in [2.05, 4.69) is 5.32 Å². The van der Waals surface area contributed by atoms with Crippen LogP contribution in [0.2, 0.25) is 5.02 Å². The van der Waals surface area contributed by atoms with E-state index >= 15 is 0 Å². The Morgan fingerprint density at radius 1 is 1.42 bits per heavy atom. The Morgan fingerprint density at radius 3 is 2.63 bits per heavy atom. The summed E-state index contributed by atoms with van der Waals surface area (Å²) in [6, 6.07) is 5.10. The van der Waals surface area contributed by atoms with E-state index in [-0.39, 0.29) is 10.9 Å². The van der Waals surface area contributed by atoms with Crippen LogP contribution in [0.3, 0.4) is 0 Å². The standard InChI is InChI=1S/C13H20ClNO3S/c1-4-10(9-18-2)15-8-11-12(14)6-5-7-13(11)19(3,16)17/h5-7,10,15H,4,8-9H2,1-3H3. The van der Waals surface area contributed by atoms with Crippen molar-refractivity contribution in [3.8, 4) is 0 Å². The van der Waals surface area contributed by atoms with Gasteiger partial charge in [-0.1, -0.05) is 24.6 Å². The molecule has 0 aliphatic carbocycles. The van der Waals surface area contributed by atoms with Crippen molar-refractivity contribution in [3.05, 3.63) is 28.8 Å².